The Morgan fingerprint density at radius 3 is 1.84 bits per heavy atom. The summed E-state index contributed by atoms with van der Waals surface area (Å²) in [6, 6.07) is 12.3. The fourth-order valence-corrected chi connectivity index (χ4v) is 4.66. The van der Waals surface area contributed by atoms with Gasteiger partial charge in [-0.1, -0.05) is 83.8 Å². The van der Waals surface area contributed by atoms with Crippen LogP contribution in [-0.2, 0) is 12.8 Å². The Labute approximate surface area is 222 Å². The zero-order chi connectivity index (χ0) is 26.3. The van der Waals surface area contributed by atoms with Gasteiger partial charge in [-0.3, -0.25) is 4.98 Å². The smallest absolute Gasteiger partial charge is 0.160 e. The monoisotopic (exact) mass is 493 g/mol. The molecule has 0 fully saturated rings. The summed E-state index contributed by atoms with van der Waals surface area (Å²) in [6.07, 6.45) is 20.9. The maximum absolute atomic E-state index is 9.88. The topological polar surface area (TPSA) is 86.2 Å². The highest BCUT2D eigenvalue weighted by Gasteiger charge is 2.15. The molecule has 0 atom stereocenters. The van der Waals surface area contributed by atoms with Gasteiger partial charge in [0.1, 0.15) is 12.1 Å². The summed E-state index contributed by atoms with van der Waals surface area (Å²) in [6.45, 7) is 4.44. The van der Waals surface area contributed by atoms with Crippen molar-refractivity contribution in [3.8, 4) is 34.8 Å². The van der Waals surface area contributed by atoms with E-state index in [2.05, 4.69) is 40.9 Å². The van der Waals surface area contributed by atoms with Crippen LogP contribution in [0, 0.1) is 22.7 Å². The lowest BCUT2D eigenvalue weighted by atomic mass is 9.92. The van der Waals surface area contributed by atoms with Gasteiger partial charge in [-0.2, -0.15) is 10.5 Å². The summed E-state index contributed by atoms with van der Waals surface area (Å²) in [4.78, 5) is 13.7. The summed E-state index contributed by atoms with van der Waals surface area (Å²) >= 11 is 0. The van der Waals surface area contributed by atoms with E-state index >= 15 is 0 Å². The molecule has 0 aliphatic heterocycles. The number of nitriles is 2. The number of aromatic nitrogens is 3. The fourth-order valence-electron chi connectivity index (χ4n) is 4.66. The van der Waals surface area contributed by atoms with E-state index in [0.29, 0.717) is 28.2 Å². The number of pyridine rings is 1. The second-order valence-corrected chi connectivity index (χ2v) is 9.77. The Hall–Kier alpha value is -3.57. The van der Waals surface area contributed by atoms with Gasteiger partial charge >= 0.3 is 0 Å². The van der Waals surface area contributed by atoms with E-state index in [1.54, 1.807) is 6.20 Å². The van der Waals surface area contributed by atoms with Crippen LogP contribution in [0.15, 0.2) is 42.9 Å². The predicted molar refractivity (Wildman–Crippen MR) is 150 cm³/mol. The van der Waals surface area contributed by atoms with Gasteiger partial charge in [0, 0.05) is 29.7 Å². The van der Waals surface area contributed by atoms with Crippen LogP contribution < -0.4 is 0 Å². The molecule has 0 saturated heterocycles. The van der Waals surface area contributed by atoms with Gasteiger partial charge in [0.05, 0.1) is 16.8 Å². The number of hydrogen-bond acceptors (Lipinski definition) is 5. The third-order valence-corrected chi connectivity index (χ3v) is 6.89. The van der Waals surface area contributed by atoms with Gasteiger partial charge in [-0.15, -0.1) is 0 Å². The number of rotatable bonds is 15. The molecular weight excluding hydrogens is 454 g/mol. The number of hydrogen-bond donors (Lipinski definition) is 0. The molecule has 5 nitrogen and oxygen atoms in total. The number of benzene rings is 1. The van der Waals surface area contributed by atoms with Gasteiger partial charge in [0.25, 0.3) is 0 Å². The van der Waals surface area contributed by atoms with E-state index < -0.39 is 0 Å². The van der Waals surface area contributed by atoms with Crippen molar-refractivity contribution in [2.75, 3.05) is 0 Å². The van der Waals surface area contributed by atoms with Crippen LogP contribution in [0.2, 0.25) is 0 Å². The molecule has 2 aromatic heterocycles. The molecule has 3 rings (SSSR count). The van der Waals surface area contributed by atoms with E-state index in [4.69, 9.17) is 0 Å². The Kier molecular flexibility index (Phi) is 11.7. The van der Waals surface area contributed by atoms with Crippen molar-refractivity contribution in [1.29, 1.82) is 10.5 Å². The molecular formula is C32H39N5. The summed E-state index contributed by atoms with van der Waals surface area (Å²) < 4.78 is 0. The molecule has 0 N–H and O–H groups in total. The number of nitrogens with zero attached hydrogens (tertiary/aromatic N) is 5. The van der Waals surface area contributed by atoms with Gasteiger partial charge in [0.2, 0.25) is 0 Å². The Balaban J connectivity index is 1.67. The number of aryl methyl sites for hydroxylation is 2. The van der Waals surface area contributed by atoms with Crippen molar-refractivity contribution in [1.82, 2.24) is 15.0 Å². The van der Waals surface area contributed by atoms with Gasteiger partial charge < -0.3 is 0 Å². The van der Waals surface area contributed by atoms with E-state index in [1.165, 1.54) is 57.8 Å². The lowest BCUT2D eigenvalue weighted by molar-refractivity contribution is 0.607. The fraction of sp³-hybridized carbons (Fsp3) is 0.469. The molecule has 0 unspecified atom stereocenters. The summed E-state index contributed by atoms with van der Waals surface area (Å²) in [7, 11) is 0. The van der Waals surface area contributed by atoms with E-state index in [-0.39, 0.29) is 0 Å². The van der Waals surface area contributed by atoms with Crippen molar-refractivity contribution >= 4 is 0 Å². The van der Waals surface area contributed by atoms with Crippen LogP contribution in [0.5, 0.6) is 0 Å². The molecule has 192 valence electrons. The Bertz CT molecular complexity index is 1180. The molecule has 5 heteroatoms. The second-order valence-electron chi connectivity index (χ2n) is 9.77. The largest absolute Gasteiger partial charge is 0.255 e. The summed E-state index contributed by atoms with van der Waals surface area (Å²) in [5.74, 6) is 0.641. The molecule has 0 spiro atoms. The first-order valence-electron chi connectivity index (χ1n) is 14.0. The van der Waals surface area contributed by atoms with Gasteiger partial charge in [0.15, 0.2) is 5.82 Å². The minimum atomic E-state index is 0.407. The van der Waals surface area contributed by atoms with Crippen LogP contribution in [-0.4, -0.2) is 15.0 Å². The van der Waals surface area contributed by atoms with Crippen molar-refractivity contribution in [3.63, 3.8) is 0 Å². The van der Waals surface area contributed by atoms with Gasteiger partial charge in [-0.05, 0) is 48.9 Å². The molecule has 0 radical (unpaired) electrons. The third-order valence-electron chi connectivity index (χ3n) is 6.89. The molecule has 0 aliphatic rings. The summed E-state index contributed by atoms with van der Waals surface area (Å²) in [5.41, 5.74) is 5.19. The minimum Gasteiger partial charge on any atom is -0.255 e. The van der Waals surface area contributed by atoms with Crippen LogP contribution in [0.25, 0.3) is 22.6 Å². The number of unbranched alkanes of at least 4 members (excludes halogenated alkanes) is 9. The average molecular weight is 494 g/mol. The molecule has 0 bridgehead atoms. The molecule has 3 aromatic rings. The Morgan fingerprint density at radius 1 is 0.622 bits per heavy atom. The van der Waals surface area contributed by atoms with E-state index in [9.17, 15) is 10.5 Å². The first-order chi connectivity index (χ1) is 18.2. The predicted octanol–water partition coefficient (Wildman–Crippen LogP) is 8.36. The zero-order valence-electron chi connectivity index (χ0n) is 22.5. The normalized spacial score (nSPS) is 10.7. The zero-order valence-corrected chi connectivity index (χ0v) is 22.5. The first kappa shape index (κ1) is 28.0. The lowest BCUT2D eigenvalue weighted by Gasteiger charge is -2.11. The summed E-state index contributed by atoms with van der Waals surface area (Å²) in [5, 5.41) is 19.7. The van der Waals surface area contributed by atoms with E-state index in [0.717, 1.165) is 42.4 Å². The van der Waals surface area contributed by atoms with Crippen molar-refractivity contribution < 1.29 is 0 Å². The highest BCUT2D eigenvalue weighted by Crippen LogP contribution is 2.28. The molecule has 37 heavy (non-hydrogen) atoms. The highest BCUT2D eigenvalue weighted by molar-refractivity contribution is 5.73. The first-order valence-corrected chi connectivity index (χ1v) is 14.0. The lowest BCUT2D eigenvalue weighted by Crippen LogP contribution is -1.99. The van der Waals surface area contributed by atoms with Crippen molar-refractivity contribution in [3.05, 3.63) is 65.1 Å². The SMILES string of the molecule is CCCCCCCCc1cnc(-c2ccc(-c3ccc(CCCCCCC)c(C#N)c3C#N)nc2)nc1. The van der Waals surface area contributed by atoms with Crippen molar-refractivity contribution in [2.45, 2.75) is 97.3 Å². The standard InChI is InChI=1S/C32H39N5/c1-3-5-7-9-11-12-14-25-22-36-32(37-23-25)27-17-19-31(35-24-27)28-18-16-26(15-13-10-8-6-4-2)29(20-33)30(28)21-34/h16-19,22-24H,3-15H2,1-2H3. The average Bonchev–Trinajstić information content (AvgIpc) is 2.94. The molecule has 2 heterocycles. The molecule has 1 aromatic carbocycles. The van der Waals surface area contributed by atoms with Crippen LogP contribution >= 0.6 is 0 Å². The minimum absolute atomic E-state index is 0.407. The molecule has 0 aliphatic carbocycles. The van der Waals surface area contributed by atoms with Gasteiger partial charge in [-0.25, -0.2) is 9.97 Å². The van der Waals surface area contributed by atoms with Crippen molar-refractivity contribution in [2.24, 2.45) is 0 Å². The molecule has 0 amide bonds. The van der Waals surface area contributed by atoms with Crippen LogP contribution in [0.4, 0.5) is 0 Å². The van der Waals surface area contributed by atoms with Crippen LogP contribution in [0.3, 0.4) is 0 Å². The molecule has 0 saturated carbocycles. The maximum atomic E-state index is 9.88. The van der Waals surface area contributed by atoms with E-state index in [1.807, 2.05) is 36.7 Å². The Morgan fingerprint density at radius 2 is 1.24 bits per heavy atom. The third kappa shape index (κ3) is 8.22. The maximum Gasteiger partial charge on any atom is 0.160 e. The quantitative estimate of drug-likeness (QED) is 0.198. The highest BCUT2D eigenvalue weighted by atomic mass is 14.9. The van der Waals surface area contributed by atoms with Crippen LogP contribution in [0.1, 0.15) is 107 Å². The second kappa shape index (κ2) is 15.5.